The molecule has 0 radical (unpaired) electrons. The molecule has 0 saturated carbocycles. The minimum Gasteiger partial charge on any atom is -0.466 e. The number of hydrogen-bond donors (Lipinski definition) is 2. The van der Waals surface area contributed by atoms with Gasteiger partial charge in [-0.25, -0.2) is 9.18 Å². The zero-order valence-electron chi connectivity index (χ0n) is 20.3. The molecule has 36 heavy (non-hydrogen) atoms. The number of aryl methyl sites for hydroxylation is 1. The maximum Gasteiger partial charge on any atom is 0.339 e. The molecule has 1 amide bonds. The van der Waals surface area contributed by atoms with Crippen LogP contribution in [0.25, 0.3) is 0 Å². The Morgan fingerprint density at radius 1 is 1.17 bits per heavy atom. The summed E-state index contributed by atoms with van der Waals surface area (Å²) in [5, 5.41) is 3.00. The van der Waals surface area contributed by atoms with Crippen LogP contribution in [0, 0.1) is 18.2 Å². The van der Waals surface area contributed by atoms with Crippen LogP contribution in [0.3, 0.4) is 0 Å². The SMILES string of the molecule is COC(=O)C1=C(N)N(c2ccc(Cl)cc2F)C2=C(C(=O)CC(C)(C)C2)C12C(=O)Nc1ccc(C)cc12. The van der Waals surface area contributed by atoms with Crippen molar-refractivity contribution in [2.24, 2.45) is 11.1 Å². The first kappa shape index (κ1) is 24.1. The molecule has 0 fully saturated rings. The summed E-state index contributed by atoms with van der Waals surface area (Å²) in [5.74, 6) is -2.67. The highest BCUT2D eigenvalue weighted by Crippen LogP contribution is 2.57. The summed E-state index contributed by atoms with van der Waals surface area (Å²) >= 11 is 5.99. The van der Waals surface area contributed by atoms with Gasteiger partial charge in [-0.3, -0.25) is 14.5 Å². The summed E-state index contributed by atoms with van der Waals surface area (Å²) in [6, 6.07) is 9.36. The lowest BCUT2D eigenvalue weighted by Crippen LogP contribution is -2.54. The minimum absolute atomic E-state index is 0.00836. The van der Waals surface area contributed by atoms with Crippen LogP contribution in [-0.2, 0) is 24.5 Å². The van der Waals surface area contributed by atoms with Crippen molar-refractivity contribution in [1.82, 2.24) is 0 Å². The standard InChI is InChI=1S/C27H25ClFN3O4/c1-13-5-7-17-15(9-13)27(25(35)31-17)21-19(11-26(2,3)12-20(21)33)32(23(30)22(27)24(34)36-4)18-8-6-14(28)10-16(18)29/h5-10H,11-12,30H2,1-4H3,(H,31,35). The molecule has 2 heterocycles. The van der Waals surface area contributed by atoms with E-state index in [9.17, 15) is 14.4 Å². The third-order valence-corrected chi connectivity index (χ3v) is 7.31. The number of halogens is 2. The molecule has 3 N–H and O–H groups in total. The number of Topliss-reactive ketones (excluding diaryl/α,β-unsaturated/α-hetero) is 1. The van der Waals surface area contributed by atoms with Gasteiger partial charge in [0.05, 0.1) is 12.8 Å². The Labute approximate surface area is 212 Å². The van der Waals surface area contributed by atoms with E-state index in [0.29, 0.717) is 23.4 Å². The van der Waals surface area contributed by atoms with Crippen molar-refractivity contribution in [3.63, 3.8) is 0 Å². The number of amides is 1. The summed E-state index contributed by atoms with van der Waals surface area (Å²) in [6.45, 7) is 5.68. The first-order valence-electron chi connectivity index (χ1n) is 11.5. The molecule has 2 aliphatic heterocycles. The molecule has 186 valence electrons. The molecule has 2 aromatic carbocycles. The third kappa shape index (κ3) is 3.20. The molecular weight excluding hydrogens is 485 g/mol. The maximum absolute atomic E-state index is 15.3. The van der Waals surface area contributed by atoms with Crippen LogP contribution in [0.4, 0.5) is 15.8 Å². The van der Waals surface area contributed by atoms with Gasteiger partial charge in [0, 0.05) is 34.0 Å². The number of carbonyl (C=O) groups is 3. The molecule has 1 aliphatic carbocycles. The van der Waals surface area contributed by atoms with Gasteiger partial charge in [-0.05, 0) is 43.0 Å². The number of ether oxygens (including phenoxy) is 1. The summed E-state index contributed by atoms with van der Waals surface area (Å²) < 4.78 is 20.4. The second kappa shape index (κ2) is 7.93. The smallest absolute Gasteiger partial charge is 0.339 e. The minimum atomic E-state index is -1.83. The molecule has 2 aromatic rings. The van der Waals surface area contributed by atoms with Crippen molar-refractivity contribution >= 4 is 40.6 Å². The number of benzene rings is 2. The lowest BCUT2D eigenvalue weighted by molar-refractivity contribution is -0.138. The second-order valence-electron chi connectivity index (χ2n) is 10.2. The topological polar surface area (TPSA) is 102 Å². The summed E-state index contributed by atoms with van der Waals surface area (Å²) in [5.41, 5.74) is 6.31. The van der Waals surface area contributed by atoms with Crippen LogP contribution >= 0.6 is 11.6 Å². The number of carbonyl (C=O) groups excluding carboxylic acids is 3. The van der Waals surface area contributed by atoms with Crippen LogP contribution in [-0.4, -0.2) is 24.8 Å². The average molecular weight is 510 g/mol. The van der Waals surface area contributed by atoms with E-state index >= 15 is 4.39 Å². The molecule has 1 unspecified atom stereocenters. The molecule has 0 aromatic heterocycles. The van der Waals surface area contributed by atoms with Gasteiger partial charge in [-0.2, -0.15) is 0 Å². The fourth-order valence-corrected chi connectivity index (χ4v) is 5.85. The van der Waals surface area contributed by atoms with Crippen molar-refractivity contribution in [2.45, 2.75) is 39.0 Å². The van der Waals surface area contributed by atoms with Crippen molar-refractivity contribution in [3.8, 4) is 0 Å². The van der Waals surface area contributed by atoms with E-state index in [1.165, 1.54) is 24.1 Å². The Kier molecular flexibility index (Phi) is 5.30. The lowest BCUT2D eigenvalue weighted by atomic mass is 9.60. The Morgan fingerprint density at radius 3 is 2.56 bits per heavy atom. The van der Waals surface area contributed by atoms with Crippen molar-refractivity contribution in [3.05, 3.63) is 81.0 Å². The quantitative estimate of drug-likeness (QED) is 0.579. The Hall–Kier alpha value is -3.65. The zero-order valence-corrected chi connectivity index (χ0v) is 21.0. The summed E-state index contributed by atoms with van der Waals surface area (Å²) in [4.78, 5) is 42.6. The lowest BCUT2D eigenvalue weighted by Gasteiger charge is -2.47. The van der Waals surface area contributed by atoms with E-state index in [2.05, 4.69) is 5.32 Å². The van der Waals surface area contributed by atoms with E-state index in [0.717, 1.165) is 11.6 Å². The van der Waals surface area contributed by atoms with E-state index in [4.69, 9.17) is 22.1 Å². The summed E-state index contributed by atoms with van der Waals surface area (Å²) in [6.07, 6.45) is 0.439. The molecular formula is C27H25ClFN3O4. The van der Waals surface area contributed by atoms with Gasteiger partial charge < -0.3 is 15.8 Å². The van der Waals surface area contributed by atoms with Gasteiger partial charge in [0.1, 0.15) is 22.6 Å². The number of allylic oxidation sites excluding steroid dienone is 1. The first-order chi connectivity index (χ1) is 16.9. The largest absolute Gasteiger partial charge is 0.466 e. The number of rotatable bonds is 2. The summed E-state index contributed by atoms with van der Waals surface area (Å²) in [7, 11) is 1.17. The van der Waals surface area contributed by atoms with E-state index in [1.807, 2.05) is 26.8 Å². The van der Waals surface area contributed by atoms with Gasteiger partial charge in [0.25, 0.3) is 0 Å². The second-order valence-corrected chi connectivity index (χ2v) is 10.6. The van der Waals surface area contributed by atoms with Crippen molar-refractivity contribution in [2.75, 3.05) is 17.3 Å². The molecule has 9 heteroatoms. The predicted octanol–water partition coefficient (Wildman–Crippen LogP) is 4.48. The first-order valence-corrected chi connectivity index (χ1v) is 11.8. The van der Waals surface area contributed by atoms with Crippen LogP contribution in [0.15, 0.2) is 59.1 Å². The van der Waals surface area contributed by atoms with Crippen LogP contribution < -0.4 is 16.0 Å². The molecule has 0 saturated heterocycles. The normalized spacial score (nSPS) is 22.6. The van der Waals surface area contributed by atoms with Crippen molar-refractivity contribution in [1.29, 1.82) is 0 Å². The highest BCUT2D eigenvalue weighted by Gasteiger charge is 2.63. The van der Waals surface area contributed by atoms with Gasteiger partial charge in [-0.1, -0.05) is 43.1 Å². The number of hydrogen-bond acceptors (Lipinski definition) is 6. The van der Waals surface area contributed by atoms with Gasteiger partial charge >= 0.3 is 5.97 Å². The monoisotopic (exact) mass is 509 g/mol. The van der Waals surface area contributed by atoms with E-state index in [1.54, 1.807) is 12.1 Å². The van der Waals surface area contributed by atoms with E-state index < -0.39 is 28.5 Å². The fourth-order valence-electron chi connectivity index (χ4n) is 5.69. The number of nitrogens with zero attached hydrogens (tertiary/aromatic N) is 1. The molecule has 7 nitrogen and oxygen atoms in total. The Balaban J connectivity index is 1.95. The van der Waals surface area contributed by atoms with Crippen LogP contribution in [0.1, 0.15) is 37.8 Å². The van der Waals surface area contributed by atoms with E-state index in [-0.39, 0.29) is 39.9 Å². The molecule has 3 aliphatic rings. The van der Waals surface area contributed by atoms with Gasteiger partial charge in [0.2, 0.25) is 5.91 Å². The average Bonchev–Trinajstić information content (AvgIpc) is 3.05. The Bertz CT molecular complexity index is 1440. The predicted molar refractivity (Wildman–Crippen MR) is 134 cm³/mol. The third-order valence-electron chi connectivity index (χ3n) is 7.08. The number of ketones is 1. The molecule has 1 atom stereocenters. The van der Waals surface area contributed by atoms with Crippen molar-refractivity contribution < 1.29 is 23.5 Å². The highest BCUT2D eigenvalue weighted by atomic mass is 35.5. The number of fused-ring (bicyclic) bond motifs is 3. The Morgan fingerprint density at radius 2 is 1.89 bits per heavy atom. The van der Waals surface area contributed by atoms with Crippen LogP contribution in [0.2, 0.25) is 5.02 Å². The molecule has 1 spiro atoms. The number of nitrogens with two attached hydrogens (primary N) is 1. The number of nitrogens with one attached hydrogen (secondary N) is 1. The molecule has 5 rings (SSSR count). The highest BCUT2D eigenvalue weighted by molar-refractivity contribution is 6.30. The number of methoxy groups -OCH3 is 1. The van der Waals surface area contributed by atoms with Crippen LogP contribution in [0.5, 0.6) is 0 Å². The van der Waals surface area contributed by atoms with Gasteiger partial charge in [-0.15, -0.1) is 0 Å². The fraction of sp³-hybridized carbons (Fsp3) is 0.296. The number of esters is 1. The zero-order chi connectivity index (χ0) is 26.2. The van der Waals surface area contributed by atoms with Gasteiger partial charge in [0.15, 0.2) is 5.78 Å². The number of anilines is 2. The maximum atomic E-state index is 15.3. The molecule has 0 bridgehead atoms.